The van der Waals surface area contributed by atoms with Gasteiger partial charge in [0.1, 0.15) is 0 Å². The quantitative estimate of drug-likeness (QED) is 0.183. The molecule has 0 saturated heterocycles. The number of benzene rings is 1. The largest absolute Gasteiger partial charge is 1.00 e. The van der Waals surface area contributed by atoms with Crippen LogP contribution in [0.5, 0.6) is 0 Å². The summed E-state index contributed by atoms with van der Waals surface area (Å²) in [5.74, 6) is -0.295. The zero-order valence-electron chi connectivity index (χ0n) is 10.4. The van der Waals surface area contributed by atoms with E-state index in [1.54, 1.807) is 0 Å². The first-order valence-electron chi connectivity index (χ1n) is 4.84. The van der Waals surface area contributed by atoms with E-state index in [4.69, 9.17) is 0 Å². The van der Waals surface area contributed by atoms with Crippen LogP contribution in [0, 0.1) is 0 Å². The molecule has 1 rings (SSSR count). The molecule has 0 bridgehead atoms. The molecule has 1 aromatic rings. The molecule has 0 radical (unpaired) electrons. The van der Waals surface area contributed by atoms with Gasteiger partial charge >= 0.3 is 51.4 Å². The molecule has 0 heterocycles. The Labute approximate surface area is 169 Å². The Kier molecular flexibility index (Phi) is 8.85. The molecule has 1 aromatic carbocycles. The number of halogens is 1. The zero-order valence-corrected chi connectivity index (χ0v) is 16.8. The van der Waals surface area contributed by atoms with Crippen molar-refractivity contribution in [3.63, 3.8) is 0 Å². The van der Waals surface area contributed by atoms with Crippen molar-refractivity contribution >= 4 is 51.0 Å². The summed E-state index contributed by atoms with van der Waals surface area (Å²) in [6.45, 7) is 3.62. The zero-order chi connectivity index (χ0) is 13.1. The predicted octanol–water partition coefficient (Wildman–Crippen LogP) is -0.791. The topological polar surface area (TPSA) is 47.5 Å². The van der Waals surface area contributed by atoms with Gasteiger partial charge < -0.3 is 5.11 Å². The van der Waals surface area contributed by atoms with Crippen molar-refractivity contribution in [3.05, 3.63) is 34.3 Å². The molecule has 0 amide bonds. The molecule has 0 unspecified atom stereocenters. The third-order valence-electron chi connectivity index (χ3n) is 2.35. The van der Waals surface area contributed by atoms with Gasteiger partial charge in [-0.05, 0) is 23.6 Å². The van der Waals surface area contributed by atoms with Gasteiger partial charge in [-0.1, -0.05) is 54.1 Å². The number of nitrogens with zero attached hydrogens (tertiary/aromatic N) is 1. The van der Waals surface area contributed by atoms with Crippen LogP contribution in [0.1, 0.15) is 19.4 Å². The van der Waals surface area contributed by atoms with Gasteiger partial charge in [0.25, 0.3) is 0 Å². The molecule has 18 heavy (non-hydrogen) atoms. The van der Waals surface area contributed by atoms with Crippen molar-refractivity contribution in [2.24, 2.45) is 5.10 Å². The van der Waals surface area contributed by atoms with Crippen molar-refractivity contribution in [2.45, 2.75) is 19.3 Å². The van der Waals surface area contributed by atoms with Crippen LogP contribution in [0.3, 0.4) is 0 Å². The van der Waals surface area contributed by atoms with Gasteiger partial charge in [0, 0.05) is 9.89 Å². The first-order valence-corrected chi connectivity index (χ1v) is 6.49. The molecule has 0 spiro atoms. The van der Waals surface area contributed by atoms with Crippen molar-refractivity contribution in [1.82, 2.24) is 5.43 Å². The Morgan fingerprint density at radius 3 is 2.33 bits per heavy atom. The van der Waals surface area contributed by atoms with Crippen molar-refractivity contribution in [1.29, 1.82) is 0 Å². The summed E-state index contributed by atoms with van der Waals surface area (Å²) in [5.41, 5.74) is 2.58. The first-order chi connectivity index (χ1) is 7.84. The molecule has 0 aliphatic carbocycles. The second-order valence-corrected chi connectivity index (χ2v) is 6.04. The van der Waals surface area contributed by atoms with Crippen LogP contribution in [0.2, 0.25) is 0 Å². The number of hydrogen-bond donors (Lipinski definition) is 2. The van der Waals surface area contributed by atoms with E-state index in [1.807, 2.05) is 38.1 Å². The third kappa shape index (κ3) is 5.58. The summed E-state index contributed by atoms with van der Waals surface area (Å²) in [7, 11) is 0. The average molecular weight is 371 g/mol. The van der Waals surface area contributed by atoms with Gasteiger partial charge in [-0.2, -0.15) is 5.10 Å². The molecule has 0 aliphatic heterocycles. The molecule has 0 fully saturated rings. The molecule has 1 N–H and O–H groups in total. The molecule has 7 heteroatoms. The smallest absolute Gasteiger partial charge is 0.860 e. The monoisotopic (exact) mass is 370 g/mol. The fourth-order valence-corrected chi connectivity index (χ4v) is 1.59. The molecule has 0 atom stereocenters. The number of thiocarbonyl (C=S) groups is 1. The van der Waals surface area contributed by atoms with E-state index in [-0.39, 0.29) is 61.6 Å². The van der Waals surface area contributed by atoms with E-state index < -0.39 is 5.41 Å². The van der Waals surface area contributed by atoms with Crippen molar-refractivity contribution in [3.8, 4) is 0 Å². The molecule has 3 nitrogen and oxygen atoms in total. The standard InChI is InChI=1S/C11H13BrN2OS2.K/c1-11(2,9(15)13-14-10(16)17)7-3-5-8(12)6-4-7;/h3-6H,1-2H3,(H,13,15)(H2,14,16,17);/q;+1/p-1. The SMILES string of the molecule is CC(C)(C([O-])=NNC(=S)S)c1ccc(Br)cc1.[K+]. The summed E-state index contributed by atoms with van der Waals surface area (Å²) in [6.07, 6.45) is 0. The van der Waals surface area contributed by atoms with Crippen LogP contribution in [-0.2, 0) is 5.41 Å². The third-order valence-corrected chi connectivity index (χ3v) is 3.07. The second-order valence-electron chi connectivity index (χ2n) is 3.97. The normalized spacial score (nSPS) is 11.7. The van der Waals surface area contributed by atoms with E-state index in [0.29, 0.717) is 0 Å². The molecule has 0 aromatic heterocycles. The van der Waals surface area contributed by atoms with Crippen LogP contribution in [-0.4, -0.2) is 10.2 Å². The molecular weight excluding hydrogens is 359 g/mol. The summed E-state index contributed by atoms with van der Waals surface area (Å²) >= 11 is 11.9. The van der Waals surface area contributed by atoms with E-state index in [2.05, 4.69) is 51.3 Å². The average Bonchev–Trinajstić information content (AvgIpc) is 2.26. The number of nitrogens with one attached hydrogen (secondary N) is 1. The van der Waals surface area contributed by atoms with Gasteiger partial charge in [-0.3, -0.25) is 5.43 Å². The van der Waals surface area contributed by atoms with E-state index in [1.165, 1.54) is 0 Å². The first kappa shape index (κ1) is 19.0. The predicted molar refractivity (Wildman–Crippen MR) is 79.3 cm³/mol. The summed E-state index contributed by atoms with van der Waals surface area (Å²) in [6, 6.07) is 7.55. The van der Waals surface area contributed by atoms with E-state index >= 15 is 0 Å². The van der Waals surface area contributed by atoms with Crippen LogP contribution in [0.15, 0.2) is 33.8 Å². The maximum Gasteiger partial charge on any atom is 1.00 e. The van der Waals surface area contributed by atoms with Gasteiger partial charge in [0.05, 0.1) is 0 Å². The maximum atomic E-state index is 11.9. The molecular formula is C11H12BrKN2OS2. The fourth-order valence-electron chi connectivity index (χ4n) is 1.23. The Bertz CT molecular complexity index is 449. The van der Waals surface area contributed by atoms with Gasteiger partial charge in [-0.25, -0.2) is 0 Å². The molecule has 0 saturated carbocycles. The Hall–Kier alpha value is 1.05. The maximum absolute atomic E-state index is 11.9. The summed E-state index contributed by atoms with van der Waals surface area (Å²) < 4.78 is 1.14. The van der Waals surface area contributed by atoms with Crippen LogP contribution in [0.25, 0.3) is 0 Å². The summed E-state index contributed by atoms with van der Waals surface area (Å²) in [4.78, 5) is 0. The Morgan fingerprint density at radius 2 is 1.89 bits per heavy atom. The number of rotatable bonds is 3. The van der Waals surface area contributed by atoms with E-state index in [9.17, 15) is 5.11 Å². The molecule has 92 valence electrons. The minimum Gasteiger partial charge on any atom is -0.860 e. The minimum absolute atomic E-state index is 0. The summed E-state index contributed by atoms with van der Waals surface area (Å²) in [5, 5.41) is 15.6. The van der Waals surface area contributed by atoms with Crippen LogP contribution in [0.4, 0.5) is 0 Å². The van der Waals surface area contributed by atoms with E-state index in [0.717, 1.165) is 10.0 Å². The second kappa shape index (κ2) is 8.36. The number of hydrogen-bond acceptors (Lipinski definition) is 3. The fraction of sp³-hybridized carbons (Fsp3) is 0.273. The molecule has 0 aliphatic rings. The van der Waals surface area contributed by atoms with Gasteiger partial charge in [-0.15, -0.1) is 12.6 Å². The number of hydrazone groups is 1. The van der Waals surface area contributed by atoms with Crippen molar-refractivity contribution < 1.29 is 56.5 Å². The van der Waals surface area contributed by atoms with Crippen LogP contribution < -0.4 is 61.9 Å². The van der Waals surface area contributed by atoms with Crippen LogP contribution >= 0.6 is 40.8 Å². The Morgan fingerprint density at radius 1 is 1.39 bits per heavy atom. The number of thiol groups is 1. The van der Waals surface area contributed by atoms with Gasteiger partial charge in [0.2, 0.25) is 0 Å². The Balaban J connectivity index is 0.00000289. The van der Waals surface area contributed by atoms with Gasteiger partial charge in [0.15, 0.2) is 4.32 Å². The minimum atomic E-state index is -0.702. The van der Waals surface area contributed by atoms with Crippen molar-refractivity contribution in [2.75, 3.05) is 0 Å².